The molecule has 0 unspecified atom stereocenters. The lowest BCUT2D eigenvalue weighted by atomic mass is 9.82. The number of ketones is 1. The molecule has 0 atom stereocenters. The minimum Gasteiger partial charge on any atom is -0.445 e. The molecule has 0 bridgehead atoms. The summed E-state index contributed by atoms with van der Waals surface area (Å²) in [5.41, 5.74) is 2.79. The van der Waals surface area contributed by atoms with Gasteiger partial charge in [0.1, 0.15) is 6.61 Å². The molecule has 2 aliphatic rings. The van der Waals surface area contributed by atoms with E-state index in [1.54, 1.807) is 4.90 Å². The molecule has 1 aromatic heterocycles. The number of amides is 2. The van der Waals surface area contributed by atoms with Crippen LogP contribution in [-0.2, 0) is 16.1 Å². The first kappa shape index (κ1) is 30.0. The minimum atomic E-state index is -0.289. The third kappa shape index (κ3) is 7.30. The van der Waals surface area contributed by atoms with E-state index in [1.807, 2.05) is 60.4 Å². The largest absolute Gasteiger partial charge is 0.445 e. The van der Waals surface area contributed by atoms with Gasteiger partial charge in [-0.2, -0.15) is 0 Å². The zero-order valence-electron chi connectivity index (χ0n) is 24.8. The molecule has 42 heavy (non-hydrogen) atoms. The second-order valence-electron chi connectivity index (χ2n) is 11.8. The number of nitrogens with zero attached hydrogens (tertiary/aromatic N) is 2. The molecule has 2 fully saturated rings. The lowest BCUT2D eigenvalue weighted by Crippen LogP contribution is -2.45. The third-order valence-corrected chi connectivity index (χ3v) is 10.0. The van der Waals surface area contributed by atoms with Crippen molar-refractivity contribution in [3.05, 3.63) is 77.2 Å². The molecule has 2 amide bonds. The molecule has 6 nitrogen and oxygen atoms in total. The van der Waals surface area contributed by atoms with E-state index in [0.717, 1.165) is 60.2 Å². The van der Waals surface area contributed by atoms with E-state index < -0.39 is 0 Å². The van der Waals surface area contributed by atoms with Crippen molar-refractivity contribution >= 4 is 34.8 Å². The van der Waals surface area contributed by atoms with Crippen LogP contribution >= 0.6 is 11.3 Å². The Morgan fingerprint density at radius 1 is 0.905 bits per heavy atom. The van der Waals surface area contributed by atoms with Crippen LogP contribution in [0, 0.1) is 17.8 Å². The fraction of sp³-hybridized carbons (Fsp3) is 0.457. The van der Waals surface area contributed by atoms with E-state index in [2.05, 4.69) is 25.1 Å². The number of hydrogen-bond acceptors (Lipinski definition) is 5. The van der Waals surface area contributed by atoms with E-state index in [9.17, 15) is 14.4 Å². The number of rotatable bonds is 9. The molecule has 0 radical (unpaired) electrons. The fourth-order valence-corrected chi connectivity index (χ4v) is 7.26. The van der Waals surface area contributed by atoms with E-state index >= 15 is 0 Å². The maximum absolute atomic E-state index is 14.2. The first-order valence-electron chi connectivity index (χ1n) is 15.4. The molecule has 2 aromatic carbocycles. The van der Waals surface area contributed by atoms with Crippen LogP contribution in [0.2, 0.25) is 0 Å². The van der Waals surface area contributed by atoms with Crippen molar-refractivity contribution in [1.82, 2.24) is 4.90 Å². The molecule has 1 saturated heterocycles. The Morgan fingerprint density at radius 2 is 1.55 bits per heavy atom. The van der Waals surface area contributed by atoms with E-state index in [1.165, 1.54) is 11.3 Å². The summed E-state index contributed by atoms with van der Waals surface area (Å²) in [4.78, 5) is 45.6. The smallest absolute Gasteiger partial charge is 0.410 e. The second-order valence-corrected chi connectivity index (χ2v) is 12.9. The molecule has 1 saturated carbocycles. The van der Waals surface area contributed by atoms with Crippen LogP contribution in [0.5, 0.6) is 0 Å². The molecule has 1 aliphatic heterocycles. The van der Waals surface area contributed by atoms with E-state index in [0.29, 0.717) is 36.9 Å². The average Bonchev–Trinajstić information content (AvgIpc) is 3.48. The molecular formula is C35H42N2O4S. The predicted octanol–water partition coefficient (Wildman–Crippen LogP) is 8.22. The average molecular weight is 587 g/mol. The predicted molar refractivity (Wildman–Crippen MR) is 169 cm³/mol. The number of ether oxygens (including phenoxy) is 1. The van der Waals surface area contributed by atoms with Crippen molar-refractivity contribution in [3.63, 3.8) is 0 Å². The Bertz CT molecular complexity index is 1340. The molecule has 0 spiro atoms. The molecule has 5 rings (SSSR count). The number of thiophene rings is 1. The van der Waals surface area contributed by atoms with Gasteiger partial charge in [0.15, 0.2) is 5.78 Å². The van der Waals surface area contributed by atoms with Crippen LogP contribution in [0.1, 0.15) is 74.0 Å². The zero-order valence-corrected chi connectivity index (χ0v) is 25.6. The summed E-state index contributed by atoms with van der Waals surface area (Å²) in [6.45, 7) is 6.17. The molecule has 3 aromatic rings. The topological polar surface area (TPSA) is 66.9 Å². The van der Waals surface area contributed by atoms with E-state index in [4.69, 9.17) is 4.74 Å². The van der Waals surface area contributed by atoms with Crippen LogP contribution in [0.15, 0.2) is 66.7 Å². The van der Waals surface area contributed by atoms with Crippen LogP contribution in [0.4, 0.5) is 10.5 Å². The highest BCUT2D eigenvalue weighted by Gasteiger charge is 2.34. The Morgan fingerprint density at radius 3 is 2.19 bits per heavy atom. The second kappa shape index (κ2) is 14.1. The van der Waals surface area contributed by atoms with Gasteiger partial charge in [-0.25, -0.2) is 4.79 Å². The Hall–Kier alpha value is -3.45. The SMILES string of the molecule is CCC(=O)c1sc(-c2ccccc2)cc1N(CC1CCN(C(=O)OCc2ccccc2)CC1)C(=O)C1CCC(C)CC1. The molecule has 7 heteroatoms. The Balaban J connectivity index is 1.33. The van der Waals surface area contributed by atoms with Gasteiger partial charge in [-0.05, 0) is 67.6 Å². The summed E-state index contributed by atoms with van der Waals surface area (Å²) in [7, 11) is 0. The van der Waals surface area contributed by atoms with Gasteiger partial charge < -0.3 is 14.5 Å². The number of benzene rings is 2. The third-order valence-electron chi connectivity index (χ3n) is 8.79. The van der Waals surface area contributed by atoms with Gasteiger partial charge in [0, 0.05) is 36.9 Å². The first-order valence-corrected chi connectivity index (χ1v) is 16.2. The number of likely N-dealkylation sites (tertiary alicyclic amines) is 1. The first-order chi connectivity index (χ1) is 20.4. The van der Waals surface area contributed by atoms with Crippen LogP contribution in [0.25, 0.3) is 10.4 Å². The molecular weight excluding hydrogens is 544 g/mol. The summed E-state index contributed by atoms with van der Waals surface area (Å²) in [6.07, 6.45) is 5.61. The highest BCUT2D eigenvalue weighted by molar-refractivity contribution is 7.18. The van der Waals surface area contributed by atoms with Gasteiger partial charge in [-0.15, -0.1) is 11.3 Å². The van der Waals surface area contributed by atoms with Crippen molar-refractivity contribution in [3.8, 4) is 10.4 Å². The van der Waals surface area contributed by atoms with Gasteiger partial charge in [-0.3, -0.25) is 9.59 Å². The van der Waals surface area contributed by atoms with Crippen LogP contribution < -0.4 is 4.90 Å². The minimum absolute atomic E-state index is 0.0149. The van der Waals surface area contributed by atoms with Crippen molar-refractivity contribution in [2.24, 2.45) is 17.8 Å². The molecule has 2 heterocycles. The summed E-state index contributed by atoms with van der Waals surface area (Å²) >= 11 is 1.50. The van der Waals surface area contributed by atoms with Gasteiger partial charge in [0.25, 0.3) is 0 Å². The maximum Gasteiger partial charge on any atom is 0.410 e. The van der Waals surface area contributed by atoms with Crippen molar-refractivity contribution in [2.45, 2.75) is 65.4 Å². The fourth-order valence-electron chi connectivity index (χ4n) is 6.09. The van der Waals surface area contributed by atoms with Gasteiger partial charge >= 0.3 is 6.09 Å². The summed E-state index contributed by atoms with van der Waals surface area (Å²) in [6, 6.07) is 21.9. The number of piperidine rings is 1. The quantitative estimate of drug-likeness (QED) is 0.237. The summed E-state index contributed by atoms with van der Waals surface area (Å²) < 4.78 is 5.56. The van der Waals surface area contributed by atoms with Crippen LogP contribution in [0.3, 0.4) is 0 Å². The number of hydrogen-bond donors (Lipinski definition) is 0. The van der Waals surface area contributed by atoms with Crippen molar-refractivity contribution in [2.75, 3.05) is 24.5 Å². The summed E-state index contributed by atoms with van der Waals surface area (Å²) in [5, 5.41) is 0. The number of Topliss-reactive ketones (excluding diaryl/α,β-unsaturated/α-hetero) is 1. The van der Waals surface area contributed by atoms with Crippen molar-refractivity contribution in [1.29, 1.82) is 0 Å². The Kier molecular flexibility index (Phi) is 10.1. The number of carbonyl (C=O) groups excluding carboxylic acids is 3. The van der Waals surface area contributed by atoms with Gasteiger partial charge in [-0.1, -0.05) is 74.5 Å². The normalized spacial score (nSPS) is 19.3. The summed E-state index contributed by atoms with van der Waals surface area (Å²) in [5.74, 6) is 1.09. The van der Waals surface area contributed by atoms with Crippen molar-refractivity contribution < 1.29 is 19.1 Å². The Labute approximate surface area is 253 Å². The number of anilines is 1. The molecule has 1 aliphatic carbocycles. The van der Waals surface area contributed by atoms with Gasteiger partial charge in [0.2, 0.25) is 5.91 Å². The highest BCUT2D eigenvalue weighted by atomic mass is 32.1. The maximum atomic E-state index is 14.2. The lowest BCUT2D eigenvalue weighted by molar-refractivity contribution is -0.123. The number of carbonyl (C=O) groups is 3. The van der Waals surface area contributed by atoms with Crippen LogP contribution in [-0.4, -0.2) is 42.3 Å². The molecule has 222 valence electrons. The monoisotopic (exact) mass is 586 g/mol. The van der Waals surface area contributed by atoms with Gasteiger partial charge in [0.05, 0.1) is 10.6 Å². The highest BCUT2D eigenvalue weighted by Crippen LogP contribution is 2.40. The molecule has 0 N–H and O–H groups in total. The lowest BCUT2D eigenvalue weighted by Gasteiger charge is -2.36. The zero-order chi connectivity index (χ0) is 29.5. The standard InChI is InChI=1S/C35H42N2O4S/c1-3-31(38)33-30(22-32(42-33)28-12-8-5-9-13-28)37(34(39)29-16-14-25(2)15-17-29)23-26-18-20-36(21-19-26)35(40)41-24-27-10-6-4-7-11-27/h4-13,22,25-26,29H,3,14-21,23-24H2,1-2H3. The van der Waals surface area contributed by atoms with E-state index in [-0.39, 0.29) is 36.2 Å².